The number of thioether (sulfide) groups is 1. The Kier molecular flexibility index (Phi) is 5.86. The van der Waals surface area contributed by atoms with Gasteiger partial charge in [-0.25, -0.2) is 4.98 Å². The number of benzene rings is 2. The number of amides is 1. The van der Waals surface area contributed by atoms with E-state index >= 15 is 0 Å². The molecule has 146 valence electrons. The van der Waals surface area contributed by atoms with Gasteiger partial charge >= 0.3 is 0 Å². The molecule has 0 aliphatic carbocycles. The summed E-state index contributed by atoms with van der Waals surface area (Å²) in [5.41, 5.74) is 4.01. The van der Waals surface area contributed by atoms with Crippen molar-refractivity contribution in [1.82, 2.24) is 9.55 Å². The van der Waals surface area contributed by atoms with Gasteiger partial charge in [0.2, 0.25) is 5.91 Å². The van der Waals surface area contributed by atoms with E-state index in [0.29, 0.717) is 0 Å². The topological polar surface area (TPSA) is 50.2 Å². The van der Waals surface area contributed by atoms with Crippen LogP contribution < -0.4 is 10.2 Å². The predicted molar refractivity (Wildman–Crippen MR) is 118 cm³/mol. The molecule has 0 saturated carbocycles. The van der Waals surface area contributed by atoms with Gasteiger partial charge < -0.3 is 14.8 Å². The summed E-state index contributed by atoms with van der Waals surface area (Å²) in [5, 5.41) is 3.03. The number of aromatic nitrogens is 2. The molecule has 1 saturated heterocycles. The molecule has 2 heterocycles. The molecule has 3 aromatic rings. The van der Waals surface area contributed by atoms with Crippen molar-refractivity contribution in [2.75, 3.05) is 29.6 Å². The van der Waals surface area contributed by atoms with E-state index in [1.807, 2.05) is 47.2 Å². The fraction of sp³-hybridized carbons (Fsp3) is 0.364. The van der Waals surface area contributed by atoms with E-state index in [2.05, 4.69) is 27.3 Å². The number of nitrogens with one attached hydrogen (secondary N) is 1. The molecule has 2 aromatic carbocycles. The molecule has 0 atom stereocenters. The molecule has 0 radical (unpaired) electrons. The van der Waals surface area contributed by atoms with Gasteiger partial charge in [0.1, 0.15) is 12.4 Å². The summed E-state index contributed by atoms with van der Waals surface area (Å²) < 4.78 is 2.02. The molecule has 4 rings (SSSR count). The van der Waals surface area contributed by atoms with Crippen molar-refractivity contribution < 1.29 is 4.79 Å². The molecule has 1 amide bonds. The van der Waals surface area contributed by atoms with E-state index in [1.165, 1.54) is 24.9 Å². The van der Waals surface area contributed by atoms with Gasteiger partial charge in [0.15, 0.2) is 0 Å². The molecular formula is C22H26N4OS. The van der Waals surface area contributed by atoms with Gasteiger partial charge in [0, 0.05) is 24.5 Å². The Hall–Kier alpha value is -2.47. The second-order valence-electron chi connectivity index (χ2n) is 7.18. The molecule has 1 aromatic heterocycles. The first-order valence-electron chi connectivity index (χ1n) is 9.82. The quantitative estimate of drug-likeness (QED) is 0.667. The van der Waals surface area contributed by atoms with Crippen LogP contribution in [0.1, 0.15) is 25.1 Å². The number of hydrogen-bond donors (Lipinski definition) is 1. The number of hydrogen-bond acceptors (Lipinski definition) is 4. The van der Waals surface area contributed by atoms with Gasteiger partial charge in [-0.15, -0.1) is 0 Å². The van der Waals surface area contributed by atoms with Crippen molar-refractivity contribution in [2.24, 2.45) is 0 Å². The highest BCUT2D eigenvalue weighted by molar-refractivity contribution is 7.97. The monoisotopic (exact) mass is 394 g/mol. The van der Waals surface area contributed by atoms with Crippen molar-refractivity contribution >= 4 is 40.1 Å². The maximum Gasteiger partial charge on any atom is 0.244 e. The van der Waals surface area contributed by atoms with Crippen LogP contribution in [0.4, 0.5) is 11.4 Å². The number of carbonyl (C=O) groups excluding carboxylic acids is 1. The number of anilines is 2. The number of para-hydroxylation sites is 2. The van der Waals surface area contributed by atoms with Crippen molar-refractivity contribution in [1.29, 1.82) is 0 Å². The molecule has 0 spiro atoms. The molecule has 1 aliphatic rings. The lowest BCUT2D eigenvalue weighted by Crippen LogP contribution is -2.29. The molecule has 0 bridgehead atoms. The zero-order valence-corrected chi connectivity index (χ0v) is 17.0. The third-order valence-corrected chi connectivity index (χ3v) is 5.73. The molecule has 28 heavy (non-hydrogen) atoms. The lowest BCUT2D eigenvalue weighted by molar-refractivity contribution is -0.116. The van der Waals surface area contributed by atoms with E-state index in [4.69, 9.17) is 0 Å². The van der Waals surface area contributed by atoms with Gasteiger partial charge in [-0.3, -0.25) is 4.79 Å². The van der Waals surface area contributed by atoms with Crippen LogP contribution in [0.15, 0.2) is 48.5 Å². The van der Waals surface area contributed by atoms with Crippen molar-refractivity contribution in [3.05, 3.63) is 54.4 Å². The zero-order valence-electron chi connectivity index (χ0n) is 16.2. The second-order valence-corrected chi connectivity index (χ2v) is 8.04. The first-order chi connectivity index (χ1) is 13.7. The van der Waals surface area contributed by atoms with E-state index in [-0.39, 0.29) is 12.5 Å². The Morgan fingerprint density at radius 3 is 2.57 bits per heavy atom. The van der Waals surface area contributed by atoms with Gasteiger partial charge in [-0.2, -0.15) is 11.8 Å². The fourth-order valence-electron chi connectivity index (χ4n) is 3.79. The van der Waals surface area contributed by atoms with Crippen molar-refractivity contribution in [3.8, 4) is 0 Å². The van der Waals surface area contributed by atoms with Gasteiger partial charge in [0.25, 0.3) is 0 Å². The highest BCUT2D eigenvalue weighted by Crippen LogP contribution is 2.22. The summed E-state index contributed by atoms with van der Waals surface area (Å²) in [6.45, 7) is 2.51. The summed E-state index contributed by atoms with van der Waals surface area (Å²) >= 11 is 1.71. The molecule has 1 aliphatic heterocycles. The first-order valence-corrected chi connectivity index (χ1v) is 11.2. The molecular weight excluding hydrogens is 368 g/mol. The summed E-state index contributed by atoms with van der Waals surface area (Å²) in [7, 11) is 0. The maximum absolute atomic E-state index is 12.7. The lowest BCUT2D eigenvalue weighted by Gasteiger charge is -2.28. The number of fused-ring (bicyclic) bond motifs is 1. The van der Waals surface area contributed by atoms with E-state index in [9.17, 15) is 4.79 Å². The highest BCUT2D eigenvalue weighted by atomic mass is 32.2. The minimum Gasteiger partial charge on any atom is -0.372 e. The maximum atomic E-state index is 12.7. The Morgan fingerprint density at radius 2 is 1.82 bits per heavy atom. The van der Waals surface area contributed by atoms with Crippen LogP contribution in [0, 0.1) is 0 Å². The first kappa shape index (κ1) is 18.9. The minimum atomic E-state index is -0.0313. The van der Waals surface area contributed by atoms with Crippen LogP contribution in [-0.2, 0) is 17.1 Å². The molecule has 6 heteroatoms. The normalized spacial score (nSPS) is 14.4. The zero-order chi connectivity index (χ0) is 19.3. The number of imidazole rings is 1. The average Bonchev–Trinajstić information content (AvgIpc) is 3.07. The van der Waals surface area contributed by atoms with Crippen molar-refractivity contribution in [2.45, 2.75) is 31.6 Å². The summed E-state index contributed by atoms with van der Waals surface area (Å²) in [4.78, 5) is 19.8. The fourth-order valence-corrected chi connectivity index (χ4v) is 4.27. The third kappa shape index (κ3) is 4.17. The van der Waals surface area contributed by atoms with Gasteiger partial charge in [0.05, 0.1) is 16.8 Å². The van der Waals surface area contributed by atoms with Gasteiger partial charge in [-0.1, -0.05) is 12.1 Å². The van der Waals surface area contributed by atoms with Crippen LogP contribution in [-0.4, -0.2) is 34.8 Å². The smallest absolute Gasteiger partial charge is 0.244 e. The Labute approximate surface area is 170 Å². The largest absolute Gasteiger partial charge is 0.372 e. The number of nitrogens with zero attached hydrogens (tertiary/aromatic N) is 3. The summed E-state index contributed by atoms with van der Waals surface area (Å²) in [6.07, 6.45) is 5.89. The molecule has 0 unspecified atom stereocenters. The second kappa shape index (κ2) is 8.69. The summed E-state index contributed by atoms with van der Waals surface area (Å²) in [5.74, 6) is 1.69. The Morgan fingerprint density at radius 1 is 1.07 bits per heavy atom. The lowest BCUT2D eigenvalue weighted by atomic mass is 10.1. The van der Waals surface area contributed by atoms with E-state index in [0.717, 1.165) is 41.4 Å². The standard InChI is InChI=1S/C22H26N4OS/c1-28-16-21-24-19-7-3-4-8-20(19)26(21)15-22(27)23-17-9-11-18(12-10-17)25-13-5-2-6-14-25/h3-4,7-12H,2,5-6,13-16H2,1H3,(H,23,27). The SMILES string of the molecule is CSCc1nc2ccccc2n1CC(=O)Nc1ccc(N2CCCCC2)cc1. The highest BCUT2D eigenvalue weighted by Gasteiger charge is 2.14. The minimum absolute atomic E-state index is 0.0313. The number of piperidine rings is 1. The van der Waals surface area contributed by atoms with Crippen LogP contribution in [0.25, 0.3) is 11.0 Å². The molecule has 1 fully saturated rings. The van der Waals surface area contributed by atoms with Crippen LogP contribution in [0.2, 0.25) is 0 Å². The average molecular weight is 395 g/mol. The van der Waals surface area contributed by atoms with Crippen LogP contribution >= 0.6 is 11.8 Å². The molecule has 5 nitrogen and oxygen atoms in total. The summed E-state index contributed by atoms with van der Waals surface area (Å²) in [6, 6.07) is 16.2. The number of rotatable bonds is 6. The van der Waals surface area contributed by atoms with E-state index < -0.39 is 0 Å². The third-order valence-electron chi connectivity index (χ3n) is 5.18. The van der Waals surface area contributed by atoms with Crippen molar-refractivity contribution in [3.63, 3.8) is 0 Å². The van der Waals surface area contributed by atoms with Gasteiger partial charge in [-0.05, 0) is 61.9 Å². The number of carbonyl (C=O) groups is 1. The van der Waals surface area contributed by atoms with Crippen LogP contribution in [0.5, 0.6) is 0 Å². The Bertz CT molecular complexity index is 945. The van der Waals surface area contributed by atoms with E-state index in [1.54, 1.807) is 11.8 Å². The Balaban J connectivity index is 1.46. The van der Waals surface area contributed by atoms with Crippen LogP contribution in [0.3, 0.4) is 0 Å². The predicted octanol–water partition coefficient (Wildman–Crippen LogP) is 4.53. The molecule has 1 N–H and O–H groups in total.